The third-order valence-corrected chi connectivity index (χ3v) is 6.56. The average molecular weight is 298 g/mol. The Bertz CT molecular complexity index is 751. The zero-order chi connectivity index (χ0) is 15.3. The molecule has 0 aromatic heterocycles. The van der Waals surface area contributed by atoms with E-state index in [-0.39, 0.29) is 16.9 Å². The fourth-order valence-electron chi connectivity index (χ4n) is 5.44. The SMILES string of the molecule is C[N+]1(C)CC[C@]23c4c5ccc(O)c4O[C@H]2C(=O)C=C[C@H]3[C@H]1C5. The number of ether oxygens (including phenoxy) is 1. The molecule has 4 aliphatic rings. The van der Waals surface area contributed by atoms with E-state index in [1.807, 2.05) is 6.07 Å². The molecule has 1 fully saturated rings. The fourth-order valence-corrected chi connectivity index (χ4v) is 5.44. The van der Waals surface area contributed by atoms with Gasteiger partial charge in [-0.25, -0.2) is 0 Å². The molecule has 22 heavy (non-hydrogen) atoms. The quantitative estimate of drug-likeness (QED) is 0.739. The van der Waals surface area contributed by atoms with Crippen LogP contribution in [-0.2, 0) is 16.6 Å². The lowest BCUT2D eigenvalue weighted by Gasteiger charge is -2.57. The van der Waals surface area contributed by atoms with Gasteiger partial charge >= 0.3 is 0 Å². The molecular weight excluding hydrogens is 278 g/mol. The van der Waals surface area contributed by atoms with Gasteiger partial charge in [0.2, 0.25) is 0 Å². The lowest BCUT2D eigenvalue weighted by atomic mass is 9.53. The van der Waals surface area contributed by atoms with Crippen LogP contribution in [0, 0.1) is 5.92 Å². The van der Waals surface area contributed by atoms with Crippen LogP contribution in [0.25, 0.3) is 0 Å². The molecule has 2 bridgehead atoms. The molecule has 0 radical (unpaired) electrons. The Kier molecular flexibility index (Phi) is 2.06. The Hall–Kier alpha value is -1.81. The molecule has 1 saturated heterocycles. The predicted octanol–water partition coefficient (Wildman–Crippen LogP) is 1.55. The molecule has 2 aliphatic heterocycles. The van der Waals surface area contributed by atoms with Crippen molar-refractivity contribution in [1.29, 1.82) is 0 Å². The summed E-state index contributed by atoms with van der Waals surface area (Å²) in [6.07, 6.45) is 5.29. The van der Waals surface area contributed by atoms with Gasteiger partial charge in [-0.2, -0.15) is 0 Å². The first-order valence-electron chi connectivity index (χ1n) is 8.02. The average Bonchev–Trinajstić information content (AvgIpc) is 2.84. The molecule has 5 rings (SSSR count). The number of carbonyl (C=O) groups excluding carboxylic acids is 1. The predicted molar refractivity (Wildman–Crippen MR) is 80.9 cm³/mol. The Balaban J connectivity index is 1.86. The molecule has 0 amide bonds. The summed E-state index contributed by atoms with van der Waals surface area (Å²) in [5.41, 5.74) is 2.12. The van der Waals surface area contributed by atoms with E-state index in [0.29, 0.717) is 17.7 Å². The summed E-state index contributed by atoms with van der Waals surface area (Å²) in [6, 6.07) is 4.21. The number of carbonyl (C=O) groups is 1. The zero-order valence-electron chi connectivity index (χ0n) is 12.9. The molecule has 4 atom stereocenters. The van der Waals surface area contributed by atoms with Gasteiger partial charge in [-0.15, -0.1) is 0 Å². The van der Waals surface area contributed by atoms with E-state index in [1.165, 1.54) is 5.56 Å². The number of phenolic OH excluding ortho intramolecular Hbond substituents is 1. The number of benzene rings is 1. The smallest absolute Gasteiger partial charge is 0.196 e. The summed E-state index contributed by atoms with van der Waals surface area (Å²) < 4.78 is 7.01. The summed E-state index contributed by atoms with van der Waals surface area (Å²) in [4.78, 5) is 12.5. The van der Waals surface area contributed by atoms with E-state index >= 15 is 0 Å². The number of likely N-dealkylation sites (tertiary alicyclic amines) is 1. The molecule has 2 heterocycles. The van der Waals surface area contributed by atoms with E-state index in [0.717, 1.165) is 29.4 Å². The van der Waals surface area contributed by atoms with Gasteiger partial charge in [-0.05, 0) is 17.7 Å². The second-order valence-electron chi connectivity index (χ2n) is 7.80. The van der Waals surface area contributed by atoms with Crippen LogP contribution in [0.5, 0.6) is 11.5 Å². The lowest BCUT2D eigenvalue weighted by molar-refractivity contribution is -0.925. The minimum absolute atomic E-state index is 0.0469. The van der Waals surface area contributed by atoms with Crippen LogP contribution in [0.1, 0.15) is 17.5 Å². The molecule has 0 saturated carbocycles. The molecule has 1 N–H and O–H groups in total. The Morgan fingerprint density at radius 2 is 2.18 bits per heavy atom. The van der Waals surface area contributed by atoms with Crippen molar-refractivity contribution in [2.24, 2.45) is 5.92 Å². The topological polar surface area (TPSA) is 46.5 Å². The third-order valence-electron chi connectivity index (χ3n) is 6.56. The maximum absolute atomic E-state index is 12.5. The monoisotopic (exact) mass is 298 g/mol. The number of quaternary nitrogens is 1. The van der Waals surface area contributed by atoms with Gasteiger partial charge in [0.1, 0.15) is 6.04 Å². The van der Waals surface area contributed by atoms with Crippen molar-refractivity contribution in [3.05, 3.63) is 35.4 Å². The first kappa shape index (κ1) is 12.7. The first-order chi connectivity index (χ1) is 10.4. The van der Waals surface area contributed by atoms with Gasteiger partial charge in [0.25, 0.3) is 0 Å². The second-order valence-corrected chi connectivity index (χ2v) is 7.80. The van der Waals surface area contributed by atoms with Crippen molar-refractivity contribution in [2.45, 2.75) is 30.4 Å². The van der Waals surface area contributed by atoms with Crippen molar-refractivity contribution in [1.82, 2.24) is 0 Å². The summed E-state index contributed by atoms with van der Waals surface area (Å²) in [6.45, 7) is 1.04. The number of aromatic hydroxyl groups is 1. The van der Waals surface area contributed by atoms with Gasteiger partial charge in [-0.3, -0.25) is 4.79 Å². The van der Waals surface area contributed by atoms with Crippen LogP contribution in [0.2, 0.25) is 0 Å². The van der Waals surface area contributed by atoms with Crippen molar-refractivity contribution in [3.63, 3.8) is 0 Å². The highest BCUT2D eigenvalue weighted by molar-refractivity contribution is 5.98. The Morgan fingerprint density at radius 1 is 1.36 bits per heavy atom. The van der Waals surface area contributed by atoms with Crippen LogP contribution >= 0.6 is 0 Å². The van der Waals surface area contributed by atoms with Gasteiger partial charge in [-0.1, -0.05) is 12.1 Å². The highest BCUT2D eigenvalue weighted by atomic mass is 16.5. The molecule has 4 nitrogen and oxygen atoms in total. The van der Waals surface area contributed by atoms with E-state index in [9.17, 15) is 9.90 Å². The maximum Gasteiger partial charge on any atom is 0.196 e. The second kappa shape index (κ2) is 3.57. The number of ketones is 1. The third kappa shape index (κ3) is 1.19. The molecule has 0 unspecified atom stereocenters. The lowest BCUT2D eigenvalue weighted by Crippen LogP contribution is -2.69. The fraction of sp³-hybridized carbons (Fsp3) is 0.500. The molecule has 1 aromatic rings. The number of hydrogen-bond donors (Lipinski definition) is 1. The van der Waals surface area contributed by atoms with Crippen molar-refractivity contribution >= 4 is 5.78 Å². The molecule has 4 heteroatoms. The van der Waals surface area contributed by atoms with Crippen LogP contribution in [-0.4, -0.2) is 48.2 Å². The largest absolute Gasteiger partial charge is 0.504 e. The molecule has 114 valence electrons. The van der Waals surface area contributed by atoms with E-state index in [4.69, 9.17) is 4.74 Å². The number of rotatable bonds is 0. The van der Waals surface area contributed by atoms with Crippen LogP contribution < -0.4 is 4.74 Å². The summed E-state index contributed by atoms with van der Waals surface area (Å²) >= 11 is 0. The van der Waals surface area contributed by atoms with Gasteiger partial charge in [0, 0.05) is 24.3 Å². The minimum Gasteiger partial charge on any atom is -0.504 e. The van der Waals surface area contributed by atoms with E-state index < -0.39 is 6.10 Å². The molecule has 2 aliphatic carbocycles. The number of hydrogen-bond acceptors (Lipinski definition) is 3. The molecule has 1 aromatic carbocycles. The maximum atomic E-state index is 12.5. The van der Waals surface area contributed by atoms with Gasteiger partial charge in [0.15, 0.2) is 23.4 Å². The van der Waals surface area contributed by atoms with E-state index in [1.54, 1.807) is 12.1 Å². The normalized spacial score (nSPS) is 39.4. The number of phenols is 1. The standard InChI is InChI=1S/C18H19NO3/c1-19(2)8-7-18-11-4-6-14(21)17(18)22-16-13(20)5-3-10(15(16)18)9-12(11)19/h3-6,11-12,17H,7-9H2,1-2H3/p+1/t11-,12+,17-,18-/m0/s1. The number of likely N-dealkylation sites (N-methyl/N-ethyl adjacent to an activating group) is 1. The first-order valence-corrected chi connectivity index (χ1v) is 8.02. The van der Waals surface area contributed by atoms with Crippen LogP contribution in [0.4, 0.5) is 0 Å². The molecule has 1 spiro atoms. The number of piperidine rings is 1. The summed E-state index contributed by atoms with van der Waals surface area (Å²) in [7, 11) is 4.58. The van der Waals surface area contributed by atoms with E-state index in [2.05, 4.69) is 20.2 Å². The highest BCUT2D eigenvalue weighted by Gasteiger charge is 2.67. The Morgan fingerprint density at radius 3 is 3.00 bits per heavy atom. The highest BCUT2D eigenvalue weighted by Crippen LogP contribution is 2.62. The van der Waals surface area contributed by atoms with Crippen molar-refractivity contribution < 1.29 is 19.1 Å². The van der Waals surface area contributed by atoms with Crippen molar-refractivity contribution in [2.75, 3.05) is 20.6 Å². The minimum atomic E-state index is -0.451. The zero-order valence-corrected chi connectivity index (χ0v) is 12.9. The van der Waals surface area contributed by atoms with Crippen LogP contribution in [0.3, 0.4) is 0 Å². The van der Waals surface area contributed by atoms with Crippen molar-refractivity contribution in [3.8, 4) is 11.5 Å². The Labute approximate surface area is 129 Å². The van der Waals surface area contributed by atoms with Gasteiger partial charge < -0.3 is 14.3 Å². The summed E-state index contributed by atoms with van der Waals surface area (Å²) in [5.74, 6) is 1.10. The number of nitrogens with zero attached hydrogens (tertiary/aromatic N) is 1. The molecular formula is C18H20NO3+. The van der Waals surface area contributed by atoms with Crippen LogP contribution in [0.15, 0.2) is 24.3 Å². The van der Waals surface area contributed by atoms with Gasteiger partial charge in [0.05, 0.1) is 26.1 Å². The summed E-state index contributed by atoms with van der Waals surface area (Å²) in [5, 5.41) is 10.2.